The fourth-order valence-corrected chi connectivity index (χ4v) is 2.92. The minimum atomic E-state index is 0.811. The van der Waals surface area contributed by atoms with Crippen LogP contribution in [-0.2, 0) is 0 Å². The Morgan fingerprint density at radius 1 is 0.933 bits per heavy atom. The standard InChI is InChI=1S/C10H19N.2C2H6/c1-9-7-10(8-9)3-5-11(2)6-4-10;2*1-2/h9H,3-8H2,1-2H3;2*1-2H3. The summed E-state index contributed by atoms with van der Waals surface area (Å²) in [5, 5.41) is 0. The SMILES string of the molecule is CC.CC.CC1CC2(CCN(C)CC2)C1. The molecular weight excluding hydrogens is 182 g/mol. The Kier molecular flexibility index (Phi) is 7.25. The van der Waals surface area contributed by atoms with Crippen LogP contribution in [0.1, 0.15) is 60.3 Å². The van der Waals surface area contributed by atoms with Crippen molar-refractivity contribution in [2.45, 2.75) is 60.3 Å². The lowest BCUT2D eigenvalue weighted by Gasteiger charge is -2.51. The fourth-order valence-electron chi connectivity index (χ4n) is 2.92. The second-order valence-electron chi connectivity index (χ2n) is 4.82. The number of hydrogen-bond donors (Lipinski definition) is 0. The van der Waals surface area contributed by atoms with Crippen LogP contribution in [0.25, 0.3) is 0 Å². The van der Waals surface area contributed by atoms with Crippen molar-refractivity contribution in [2.75, 3.05) is 20.1 Å². The van der Waals surface area contributed by atoms with Crippen LogP contribution in [0.4, 0.5) is 0 Å². The van der Waals surface area contributed by atoms with Crippen molar-refractivity contribution < 1.29 is 0 Å². The molecule has 0 amide bonds. The number of likely N-dealkylation sites (tertiary alicyclic amines) is 1. The lowest BCUT2D eigenvalue weighted by Crippen LogP contribution is -2.45. The van der Waals surface area contributed by atoms with E-state index in [1.165, 1.54) is 38.8 Å². The summed E-state index contributed by atoms with van der Waals surface area (Å²) in [6.45, 7) is 13.1. The first-order chi connectivity index (χ1) is 7.20. The molecule has 1 saturated carbocycles. The molecule has 0 aromatic rings. The third-order valence-electron chi connectivity index (χ3n) is 3.61. The Bertz CT molecular complexity index is 137. The van der Waals surface area contributed by atoms with Gasteiger partial charge in [-0.1, -0.05) is 34.6 Å². The van der Waals surface area contributed by atoms with Crippen molar-refractivity contribution >= 4 is 0 Å². The molecule has 0 atom stereocenters. The first-order valence-corrected chi connectivity index (χ1v) is 6.89. The van der Waals surface area contributed by atoms with Crippen molar-refractivity contribution in [1.29, 1.82) is 0 Å². The average Bonchev–Trinajstić information content (AvgIpc) is 2.26. The summed E-state index contributed by atoms with van der Waals surface area (Å²) >= 11 is 0. The largest absolute Gasteiger partial charge is 0.306 e. The van der Waals surface area contributed by atoms with Gasteiger partial charge in [-0.05, 0) is 57.2 Å². The van der Waals surface area contributed by atoms with Crippen molar-refractivity contribution in [3.8, 4) is 0 Å². The van der Waals surface area contributed by atoms with Crippen LogP contribution >= 0.6 is 0 Å². The van der Waals surface area contributed by atoms with Gasteiger partial charge < -0.3 is 4.90 Å². The van der Waals surface area contributed by atoms with Crippen molar-refractivity contribution in [3.63, 3.8) is 0 Å². The molecule has 0 radical (unpaired) electrons. The number of rotatable bonds is 0. The molecule has 1 heterocycles. The summed E-state index contributed by atoms with van der Waals surface area (Å²) < 4.78 is 0. The summed E-state index contributed by atoms with van der Waals surface area (Å²) in [5.41, 5.74) is 0.811. The van der Waals surface area contributed by atoms with Gasteiger partial charge in [-0.15, -0.1) is 0 Å². The molecule has 0 unspecified atom stereocenters. The van der Waals surface area contributed by atoms with Crippen molar-refractivity contribution in [2.24, 2.45) is 11.3 Å². The molecule has 1 nitrogen and oxygen atoms in total. The van der Waals surface area contributed by atoms with E-state index in [2.05, 4.69) is 18.9 Å². The van der Waals surface area contributed by atoms with Crippen LogP contribution in [0.15, 0.2) is 0 Å². The zero-order valence-corrected chi connectivity index (χ0v) is 11.8. The van der Waals surface area contributed by atoms with Gasteiger partial charge in [0, 0.05) is 0 Å². The summed E-state index contributed by atoms with van der Waals surface area (Å²) in [5.74, 6) is 1.03. The minimum absolute atomic E-state index is 0.811. The van der Waals surface area contributed by atoms with Gasteiger partial charge in [0.05, 0.1) is 0 Å². The van der Waals surface area contributed by atoms with E-state index < -0.39 is 0 Å². The van der Waals surface area contributed by atoms with E-state index in [0.717, 1.165) is 11.3 Å². The average molecular weight is 213 g/mol. The first-order valence-electron chi connectivity index (χ1n) is 6.89. The first kappa shape index (κ1) is 15.0. The molecule has 15 heavy (non-hydrogen) atoms. The van der Waals surface area contributed by atoms with Gasteiger partial charge in [0.25, 0.3) is 0 Å². The summed E-state index contributed by atoms with van der Waals surface area (Å²) in [4.78, 5) is 2.47. The van der Waals surface area contributed by atoms with E-state index >= 15 is 0 Å². The van der Waals surface area contributed by atoms with Gasteiger partial charge in [-0.2, -0.15) is 0 Å². The molecule has 1 aliphatic heterocycles. The molecule has 0 bridgehead atoms. The third-order valence-corrected chi connectivity index (χ3v) is 3.61. The Labute approximate surface area is 97.2 Å². The second-order valence-corrected chi connectivity index (χ2v) is 4.82. The van der Waals surface area contributed by atoms with Gasteiger partial charge in [-0.3, -0.25) is 0 Å². The second kappa shape index (κ2) is 7.27. The molecule has 2 fully saturated rings. The van der Waals surface area contributed by atoms with Crippen molar-refractivity contribution in [1.82, 2.24) is 4.90 Å². The molecule has 2 aliphatic rings. The molecule has 0 N–H and O–H groups in total. The van der Waals surface area contributed by atoms with Crippen LogP contribution in [0.3, 0.4) is 0 Å². The number of nitrogens with zero attached hydrogens (tertiary/aromatic N) is 1. The van der Waals surface area contributed by atoms with E-state index in [-0.39, 0.29) is 0 Å². The maximum atomic E-state index is 2.47. The highest BCUT2D eigenvalue weighted by Gasteiger charge is 2.42. The molecule has 1 heteroatoms. The molecule has 0 aromatic heterocycles. The fraction of sp³-hybridized carbons (Fsp3) is 1.00. The van der Waals surface area contributed by atoms with Crippen molar-refractivity contribution in [3.05, 3.63) is 0 Å². The maximum absolute atomic E-state index is 2.47. The summed E-state index contributed by atoms with van der Waals surface area (Å²) in [6, 6.07) is 0. The van der Waals surface area contributed by atoms with E-state index in [1.807, 2.05) is 27.7 Å². The monoisotopic (exact) mass is 213 g/mol. The third kappa shape index (κ3) is 4.14. The zero-order chi connectivity index (χ0) is 11.9. The number of hydrogen-bond acceptors (Lipinski definition) is 1. The van der Waals surface area contributed by atoms with Gasteiger partial charge in [0.15, 0.2) is 0 Å². The normalized spacial score (nSPS) is 24.4. The predicted molar refractivity (Wildman–Crippen MR) is 70.3 cm³/mol. The van der Waals surface area contributed by atoms with Crippen LogP contribution in [0, 0.1) is 11.3 Å². The summed E-state index contributed by atoms with van der Waals surface area (Å²) in [7, 11) is 2.24. The molecule has 1 spiro atoms. The van der Waals surface area contributed by atoms with Gasteiger partial charge >= 0.3 is 0 Å². The quantitative estimate of drug-likeness (QED) is 0.583. The zero-order valence-electron chi connectivity index (χ0n) is 11.8. The predicted octanol–water partition coefficient (Wildman–Crippen LogP) is 4.18. The van der Waals surface area contributed by atoms with Gasteiger partial charge in [0.1, 0.15) is 0 Å². The highest BCUT2D eigenvalue weighted by atomic mass is 15.1. The minimum Gasteiger partial charge on any atom is -0.306 e. The Hall–Kier alpha value is -0.0400. The Morgan fingerprint density at radius 2 is 1.33 bits per heavy atom. The molecule has 1 aliphatic carbocycles. The van der Waals surface area contributed by atoms with Gasteiger partial charge in [0.2, 0.25) is 0 Å². The topological polar surface area (TPSA) is 3.24 Å². The van der Waals surface area contributed by atoms with Crippen LogP contribution in [0.2, 0.25) is 0 Å². The highest BCUT2D eigenvalue weighted by molar-refractivity contribution is 4.94. The van der Waals surface area contributed by atoms with E-state index in [1.54, 1.807) is 0 Å². The van der Waals surface area contributed by atoms with Crippen LogP contribution in [-0.4, -0.2) is 25.0 Å². The molecular formula is C14H31N. The summed E-state index contributed by atoms with van der Waals surface area (Å²) in [6.07, 6.45) is 5.96. The lowest BCUT2D eigenvalue weighted by atomic mass is 9.58. The lowest BCUT2D eigenvalue weighted by molar-refractivity contribution is 0.000967. The van der Waals surface area contributed by atoms with Gasteiger partial charge in [-0.25, -0.2) is 0 Å². The molecule has 1 saturated heterocycles. The van der Waals surface area contributed by atoms with E-state index in [4.69, 9.17) is 0 Å². The van der Waals surface area contributed by atoms with Crippen LogP contribution in [0.5, 0.6) is 0 Å². The van der Waals surface area contributed by atoms with E-state index in [0.29, 0.717) is 0 Å². The molecule has 92 valence electrons. The van der Waals surface area contributed by atoms with Crippen LogP contribution < -0.4 is 0 Å². The smallest absolute Gasteiger partial charge is 0.00165 e. The highest BCUT2D eigenvalue weighted by Crippen LogP contribution is 2.51. The number of piperidine rings is 1. The Balaban J connectivity index is 0.000000442. The van der Waals surface area contributed by atoms with E-state index in [9.17, 15) is 0 Å². The maximum Gasteiger partial charge on any atom is -0.00165 e. The Morgan fingerprint density at radius 3 is 1.67 bits per heavy atom. The molecule has 2 rings (SSSR count). The molecule has 0 aromatic carbocycles.